The molecule has 0 heterocycles. The van der Waals surface area contributed by atoms with Crippen LogP contribution in [0, 0.1) is 12.5 Å². The molecule has 0 saturated carbocycles. The van der Waals surface area contributed by atoms with Gasteiger partial charge in [-0.25, -0.2) is 47.9 Å². The van der Waals surface area contributed by atoms with Gasteiger partial charge in [-0.05, 0) is 36.4 Å². The minimum absolute atomic E-state index is 0.341. The Hall–Kier alpha value is -7.68. The van der Waals surface area contributed by atoms with Gasteiger partial charge in [0.2, 0.25) is 0 Å². The zero-order valence-electron chi connectivity index (χ0n) is 23.2. The van der Waals surface area contributed by atoms with Crippen LogP contribution < -0.4 is 0 Å². The molecule has 0 aromatic heterocycles. The fourth-order valence-corrected chi connectivity index (χ4v) is 3.93. The molecule has 0 aliphatic carbocycles. The molecule has 3 aromatic carbocycles. The number of carbonyl (C=O) groups is 10. The van der Waals surface area contributed by atoms with Gasteiger partial charge in [-0.15, -0.1) is 0 Å². The van der Waals surface area contributed by atoms with Crippen molar-refractivity contribution in [1.82, 2.24) is 0 Å². The van der Waals surface area contributed by atoms with Gasteiger partial charge in [0.05, 0.1) is 55.6 Å². The van der Waals surface area contributed by atoms with E-state index in [1.807, 2.05) is 0 Å². The number of ether oxygens (including phenoxy) is 3. The topological polar surface area (TPSA) is 300 Å². The number of terminal acetylenes is 1. The standard InChI is InChI=1S/C30H14O18/c1-2-46-26(41)19-9-15(23(35)36)16(24(37)38)10-20(19)30(45)48-28(43)12-6-4-3-5-11(12)27(42)47-29(44)18-8-14(22(33)34)13(21(31)32)7-17(18)25(39)40/h1,3-10H,(H,31,32)(H,33,34)(H,35,36)(H,37,38)(H,39,40). The largest absolute Gasteiger partial charge is 0.478 e. The Bertz CT molecular complexity index is 2040. The minimum atomic E-state index is -1.91. The van der Waals surface area contributed by atoms with Crippen molar-refractivity contribution in [3.05, 3.63) is 104 Å². The maximum absolute atomic E-state index is 13.0. The van der Waals surface area contributed by atoms with Gasteiger partial charge in [0.15, 0.2) is 0 Å². The summed E-state index contributed by atoms with van der Waals surface area (Å²) in [5.74, 6) is -17.8. The summed E-state index contributed by atoms with van der Waals surface area (Å²) in [5, 5.41) is 46.7. The molecule has 242 valence electrons. The Morgan fingerprint density at radius 3 is 0.979 bits per heavy atom. The van der Waals surface area contributed by atoms with E-state index < -0.39 is 115 Å². The fourth-order valence-electron chi connectivity index (χ4n) is 3.93. The van der Waals surface area contributed by atoms with Crippen LogP contribution in [0.1, 0.15) is 104 Å². The van der Waals surface area contributed by atoms with Gasteiger partial charge in [-0.2, -0.15) is 0 Å². The highest BCUT2D eigenvalue weighted by atomic mass is 16.6. The molecule has 3 aromatic rings. The highest BCUT2D eigenvalue weighted by molar-refractivity contribution is 6.16. The molecule has 18 nitrogen and oxygen atoms in total. The summed E-state index contributed by atoms with van der Waals surface area (Å²) >= 11 is 0. The van der Waals surface area contributed by atoms with Crippen LogP contribution in [-0.4, -0.2) is 85.2 Å². The van der Waals surface area contributed by atoms with Gasteiger partial charge in [-0.3, -0.25) is 0 Å². The third-order valence-electron chi connectivity index (χ3n) is 6.02. The molecule has 0 fully saturated rings. The second-order valence-corrected chi connectivity index (χ2v) is 8.82. The molecule has 0 spiro atoms. The van der Waals surface area contributed by atoms with E-state index in [0.29, 0.717) is 24.3 Å². The number of esters is 5. The van der Waals surface area contributed by atoms with Crippen LogP contribution >= 0.6 is 0 Å². The van der Waals surface area contributed by atoms with E-state index in [1.165, 1.54) is 6.11 Å². The number of carbonyl (C=O) groups excluding carboxylic acids is 5. The second kappa shape index (κ2) is 14.0. The van der Waals surface area contributed by atoms with Crippen molar-refractivity contribution in [2.24, 2.45) is 0 Å². The Labute approximate surface area is 264 Å². The molecule has 5 N–H and O–H groups in total. The Balaban J connectivity index is 2.01. The number of hydrogen-bond acceptors (Lipinski definition) is 13. The van der Waals surface area contributed by atoms with Crippen molar-refractivity contribution in [3.8, 4) is 12.5 Å². The van der Waals surface area contributed by atoms with E-state index in [1.54, 1.807) is 0 Å². The molecular weight excluding hydrogens is 648 g/mol. The number of aromatic carboxylic acids is 5. The molecule has 0 aliphatic heterocycles. The van der Waals surface area contributed by atoms with Crippen molar-refractivity contribution >= 4 is 59.7 Å². The molecule has 0 radical (unpaired) electrons. The van der Waals surface area contributed by atoms with Gasteiger partial charge in [0.25, 0.3) is 0 Å². The number of hydrogen-bond donors (Lipinski definition) is 5. The first-order valence-corrected chi connectivity index (χ1v) is 12.3. The van der Waals surface area contributed by atoms with Crippen LogP contribution in [0.15, 0.2) is 48.5 Å². The monoisotopic (exact) mass is 662 g/mol. The zero-order chi connectivity index (χ0) is 36.0. The summed E-state index contributed by atoms with van der Waals surface area (Å²) in [6.07, 6.45) is 6.34. The minimum Gasteiger partial charge on any atom is -0.478 e. The molecule has 0 amide bonds. The van der Waals surface area contributed by atoms with Gasteiger partial charge >= 0.3 is 59.7 Å². The molecule has 0 atom stereocenters. The molecule has 0 bridgehead atoms. The summed E-state index contributed by atoms with van der Waals surface area (Å²) in [5.41, 5.74) is -9.75. The predicted molar refractivity (Wildman–Crippen MR) is 148 cm³/mol. The third-order valence-corrected chi connectivity index (χ3v) is 6.02. The predicted octanol–water partition coefficient (Wildman–Crippen LogP) is 1.92. The Morgan fingerprint density at radius 2 is 0.667 bits per heavy atom. The van der Waals surface area contributed by atoms with Crippen LogP contribution in [0.3, 0.4) is 0 Å². The van der Waals surface area contributed by atoms with Crippen molar-refractivity contribution < 1.29 is 87.7 Å². The number of rotatable bonds is 10. The van der Waals surface area contributed by atoms with Crippen LogP contribution in [0.25, 0.3) is 0 Å². The van der Waals surface area contributed by atoms with Crippen molar-refractivity contribution in [2.45, 2.75) is 0 Å². The van der Waals surface area contributed by atoms with Crippen molar-refractivity contribution in [2.75, 3.05) is 0 Å². The molecular formula is C30H14O18. The van der Waals surface area contributed by atoms with E-state index in [-0.39, 0.29) is 0 Å². The molecule has 0 unspecified atom stereocenters. The number of carboxylic acid groups (broad SMARTS) is 5. The lowest BCUT2D eigenvalue weighted by molar-refractivity contribution is 0.0354. The quantitative estimate of drug-likeness (QED) is 0.0896. The first kappa shape index (κ1) is 34.8. The van der Waals surface area contributed by atoms with Gasteiger partial charge in [0, 0.05) is 0 Å². The van der Waals surface area contributed by atoms with E-state index in [9.17, 15) is 73.5 Å². The maximum atomic E-state index is 13.0. The van der Waals surface area contributed by atoms with E-state index in [2.05, 4.69) is 14.2 Å². The zero-order valence-corrected chi connectivity index (χ0v) is 23.2. The summed E-state index contributed by atoms with van der Waals surface area (Å²) in [6, 6.07) is 5.49. The van der Waals surface area contributed by atoms with Crippen LogP contribution in [0.5, 0.6) is 0 Å². The normalized spacial score (nSPS) is 10.1. The van der Waals surface area contributed by atoms with Crippen LogP contribution in [0.2, 0.25) is 0 Å². The highest BCUT2D eigenvalue weighted by Gasteiger charge is 2.31. The lowest BCUT2D eigenvalue weighted by Crippen LogP contribution is -2.22. The number of carboxylic acids is 5. The average molecular weight is 662 g/mol. The second-order valence-electron chi connectivity index (χ2n) is 8.82. The molecule has 18 heteroatoms. The first-order chi connectivity index (χ1) is 22.5. The lowest BCUT2D eigenvalue weighted by Gasteiger charge is -2.12. The SMILES string of the molecule is C#COC(=O)c1cc(C(=O)O)c(C(=O)O)cc1C(=O)OC(=O)c1ccccc1C(=O)OC(=O)c1cc(C(=O)O)c(C(=O)O)cc1C(=O)O. The van der Waals surface area contributed by atoms with Crippen molar-refractivity contribution in [3.63, 3.8) is 0 Å². The van der Waals surface area contributed by atoms with Gasteiger partial charge in [0.1, 0.15) is 6.11 Å². The Kier molecular flexibility index (Phi) is 10.1. The highest BCUT2D eigenvalue weighted by Crippen LogP contribution is 2.23. The molecule has 48 heavy (non-hydrogen) atoms. The lowest BCUT2D eigenvalue weighted by atomic mass is 9.98. The molecule has 0 saturated heterocycles. The maximum Gasteiger partial charge on any atom is 0.352 e. The summed E-state index contributed by atoms with van der Waals surface area (Å²) in [7, 11) is 0. The van der Waals surface area contributed by atoms with Gasteiger partial charge in [-0.1, -0.05) is 18.6 Å². The van der Waals surface area contributed by atoms with E-state index in [4.69, 9.17) is 6.42 Å². The average Bonchev–Trinajstić information content (AvgIpc) is 3.02. The molecule has 0 aliphatic rings. The first-order valence-electron chi connectivity index (χ1n) is 12.3. The van der Waals surface area contributed by atoms with E-state index >= 15 is 0 Å². The smallest absolute Gasteiger partial charge is 0.352 e. The fraction of sp³-hybridized carbons (Fsp3) is 0. The van der Waals surface area contributed by atoms with E-state index in [0.717, 1.165) is 24.3 Å². The summed E-state index contributed by atoms with van der Waals surface area (Å²) < 4.78 is 13.6. The molecule has 3 rings (SSSR count). The van der Waals surface area contributed by atoms with Crippen LogP contribution in [0.4, 0.5) is 0 Å². The van der Waals surface area contributed by atoms with Crippen LogP contribution in [-0.2, 0) is 14.2 Å². The van der Waals surface area contributed by atoms with Crippen molar-refractivity contribution in [1.29, 1.82) is 0 Å². The Morgan fingerprint density at radius 1 is 0.417 bits per heavy atom. The number of benzene rings is 3. The third kappa shape index (κ3) is 7.16. The van der Waals surface area contributed by atoms with Gasteiger partial charge < -0.3 is 39.7 Å². The summed E-state index contributed by atoms with van der Waals surface area (Å²) in [4.78, 5) is 122. The summed E-state index contributed by atoms with van der Waals surface area (Å²) in [6.45, 7) is 0.